The molecule has 16 atom stereocenters. The molecular weight excluding hydrogens is 1930 g/mol. The number of amides is 5. The van der Waals surface area contributed by atoms with E-state index < -0.39 is 238 Å². The number of benzene rings is 6. The number of hydrogen-bond acceptors (Lipinski definition) is 35. The lowest BCUT2D eigenvalue weighted by Crippen LogP contribution is -2.65. The number of ether oxygens (including phenoxy) is 2. The van der Waals surface area contributed by atoms with E-state index in [2.05, 4.69) is 23.7 Å². The number of Topliss-reactive ketones (excluding diaryl/α,β-unsaturated/α-hetero) is 8. The molecule has 12 aliphatic carbocycles. The molecule has 0 saturated heterocycles. The molecule has 12 aliphatic rings. The zero-order valence-corrected chi connectivity index (χ0v) is 82.5. The van der Waals surface area contributed by atoms with Gasteiger partial charge >= 0.3 is 0 Å². The Morgan fingerprint density at radius 3 is 0.899 bits per heavy atom. The Hall–Kier alpha value is -16.6. The number of fused-ring (bicyclic) bond motifs is 12. The summed E-state index contributed by atoms with van der Waals surface area (Å²) in [4.78, 5) is 173. The van der Waals surface area contributed by atoms with Gasteiger partial charge in [0.15, 0.2) is 57.0 Å². The van der Waals surface area contributed by atoms with Gasteiger partial charge in [-0.05, 0) is 244 Å². The summed E-state index contributed by atoms with van der Waals surface area (Å²) >= 11 is 0. The van der Waals surface area contributed by atoms with Gasteiger partial charge in [0.1, 0.15) is 91.4 Å². The molecule has 149 heavy (non-hydrogen) atoms. The molecule has 0 bridgehead atoms. The van der Waals surface area contributed by atoms with E-state index in [4.69, 9.17) is 38.1 Å². The van der Waals surface area contributed by atoms with Crippen LogP contribution in [0.25, 0.3) is 47.3 Å². The second kappa shape index (κ2) is 39.3. The molecule has 776 valence electrons. The Kier molecular flexibility index (Phi) is 28.2. The number of primary amides is 5. The predicted octanol–water partition coefficient (Wildman–Crippen LogP) is 3.73. The Bertz CT molecular complexity index is 7460. The lowest BCUT2D eigenvalue weighted by atomic mass is 9.57. The molecule has 6 aromatic carbocycles. The maximum atomic E-state index is 13.9. The SMILES string of the molecule is CC#Cc1ccc(O)c2c1C[C@H]1C[C@H]3[C@H](N(C)C)C(=O)C(C(N)=O)=C(O)[C@@]3(O)C(=O)C1=C2O.CN(C)[C@@H]1C(=O)C(C(N)=O)=C(O)[C@@]2(O)C(=O)C3=C(O)c4c(O)ccc(C#CC(N)=O)c4C[C@H]3C[C@@H]12.COc1ccc(/C=C/c2ccc(O)c3c2C[C@H]2C[C@H]4[C@H](N(C)C)C(=O)C(C(N)=O)=C(O)[C@@]4(O)C(=O)C2=C3O)cc1OC.Cc1ccc(/C=C/c2ccc(O)c3c2C[C@H]2C[C@H]4[C@H](N(C)C)C(=O)C(C(N)=O)=C(O)[C@@]4(O)C(=O)C2=C3O)cc1. The highest BCUT2D eigenvalue weighted by Gasteiger charge is 2.70. The van der Waals surface area contributed by atoms with Crippen molar-refractivity contribution in [2.45, 2.75) is 112 Å². The first kappa shape index (κ1) is 107. The van der Waals surface area contributed by atoms with Crippen LogP contribution in [0.2, 0.25) is 0 Å². The van der Waals surface area contributed by atoms with Crippen LogP contribution in [0.3, 0.4) is 0 Å². The Labute approximate surface area is 850 Å². The van der Waals surface area contributed by atoms with Crippen LogP contribution in [0.4, 0.5) is 0 Å². The Morgan fingerprint density at radius 2 is 0.624 bits per heavy atom. The molecule has 5 amide bonds. The third-order valence-electron chi connectivity index (χ3n) is 30.5. The number of aromatic hydroxyl groups is 4. The summed E-state index contributed by atoms with van der Waals surface area (Å²) in [5, 5.41) is 177. The number of likely N-dealkylation sites (N-methyl/N-ethyl adjacent to an activating group) is 4. The minimum atomic E-state index is -2.70. The lowest BCUT2D eigenvalue weighted by molar-refractivity contribution is -0.155. The van der Waals surface area contributed by atoms with E-state index in [1.54, 1.807) is 92.7 Å². The monoisotopic (exact) mass is 2040 g/mol. The van der Waals surface area contributed by atoms with E-state index in [1.165, 1.54) is 71.1 Å². The zero-order chi connectivity index (χ0) is 109. The van der Waals surface area contributed by atoms with E-state index in [1.807, 2.05) is 55.5 Å². The number of carbonyl (C=O) groups excluding carboxylic acids is 13. The molecule has 0 spiro atoms. The summed E-state index contributed by atoms with van der Waals surface area (Å²) in [6, 6.07) is 20.6. The maximum Gasteiger partial charge on any atom is 0.293 e. The predicted molar refractivity (Wildman–Crippen MR) is 534 cm³/mol. The van der Waals surface area contributed by atoms with Crippen LogP contribution in [0, 0.1) is 77.9 Å². The molecule has 18 rings (SSSR count). The van der Waals surface area contributed by atoms with Crippen molar-refractivity contribution in [1.82, 2.24) is 19.6 Å². The number of phenolic OH excluding ortho intramolecular Hbond substituents is 4. The number of methoxy groups -OCH3 is 2. The fourth-order valence-electron chi connectivity index (χ4n) is 23.8. The van der Waals surface area contributed by atoms with Crippen molar-refractivity contribution in [2.24, 2.45) is 76.0 Å². The number of aliphatic hydroxyl groups is 12. The standard InChI is InChI=1S/C31H32N2O9.C30H30N2O7.C24H23N3O8.C24H24N2O7/c1-33(2)25-18-13-16-12-17-15(7-5-14-6-10-20(41-3)21(11-14)42-4)8-9-19(34)23(17)26(35)22(16)28(37)31(18,40)29(38)24(27(25)36)30(32)39;1-14-4-6-15(7-5-14)8-9-16-10-11-20(33)22-18(16)12-17-13-19-24(32(2)3)26(35)23(29(31)38)28(37)30(19,39)27(36)21(17)25(22)34;1-27(2)18-12-8-10-7-11-9(4-6-14(25)29)3-5-13(28)16(11)19(30)15(10)21(32)24(12,35)22(33)17(20(18)31)23(26)34;1-4-5-10-6-7-14(27)16-12(10)8-11-9-13-18(26(2)3)20(29)17(23(25)32)22(31)24(13,33)21(30)15(11)19(16)28/h5-11,16,18,25,34-35,38,40H,12-13H2,1-4H3,(H2,32,39);4-11,17,19,24,33-34,37,39H,12-13H2,1-3H3,(H2,31,38);3,5,10,12,18,28,30,33,35H,7-8H2,1-2H3,(H2,25,29)(H2,26,34);6-7,11,13,18,27-28,31,33H,8-9H2,1-3H3,(H2,25,32)/b7-5+;9-8+;;/t16-,18-,25-,31-;17-,19-,24-,30-;10-,12-,18-,24-;11-,13-,18-,24-/m0000/s1. The van der Waals surface area contributed by atoms with E-state index in [0.29, 0.717) is 44.9 Å². The molecule has 0 radical (unpaired) electrons. The van der Waals surface area contributed by atoms with Crippen molar-refractivity contribution in [3.8, 4) is 58.2 Å². The van der Waals surface area contributed by atoms with Gasteiger partial charge in [-0.15, -0.1) is 5.92 Å². The minimum Gasteiger partial charge on any atom is -0.508 e. The summed E-state index contributed by atoms with van der Waals surface area (Å²) in [6.45, 7) is 3.64. The largest absolute Gasteiger partial charge is 0.508 e. The van der Waals surface area contributed by atoms with E-state index in [9.17, 15) is 144 Å². The summed E-state index contributed by atoms with van der Waals surface area (Å²) in [7, 11) is 15.5. The average Bonchev–Trinajstić information content (AvgIpc) is 0.708. The van der Waals surface area contributed by atoms with Crippen LogP contribution < -0.4 is 38.1 Å². The average molecular weight is 2040 g/mol. The quantitative estimate of drug-likeness (QED) is 0.0419. The van der Waals surface area contributed by atoms with Crippen LogP contribution in [-0.4, -0.2) is 294 Å². The number of nitrogens with two attached hydrogens (primary N) is 5. The molecule has 4 saturated carbocycles. The molecule has 0 unspecified atom stereocenters. The molecule has 40 heteroatoms. The number of nitrogens with zero attached hydrogens (tertiary/aromatic N) is 4. The molecule has 26 N–H and O–H groups in total. The topological polar surface area (TPSA) is 707 Å². The van der Waals surface area contributed by atoms with Crippen LogP contribution in [0.15, 0.2) is 159 Å². The van der Waals surface area contributed by atoms with Crippen molar-refractivity contribution in [3.05, 3.63) is 242 Å². The fourth-order valence-corrected chi connectivity index (χ4v) is 23.8. The van der Waals surface area contributed by atoms with Crippen LogP contribution in [-0.2, 0) is 88.0 Å². The molecule has 0 aliphatic heterocycles. The third-order valence-corrected chi connectivity index (χ3v) is 30.5. The first-order chi connectivity index (χ1) is 70.0. The molecule has 4 fully saturated rings. The smallest absolute Gasteiger partial charge is 0.293 e. The first-order valence-electron chi connectivity index (χ1n) is 46.9. The van der Waals surface area contributed by atoms with E-state index in [0.717, 1.165) is 22.3 Å². The number of phenols is 4. The second-order valence-electron chi connectivity index (χ2n) is 39.6. The summed E-state index contributed by atoms with van der Waals surface area (Å²) in [5.41, 5.74) is 18.8. The zero-order valence-electron chi connectivity index (χ0n) is 82.5. The van der Waals surface area contributed by atoms with E-state index in [-0.39, 0.29) is 124 Å². The fraction of sp³-hybridized carbons (Fsp3) is 0.330. The van der Waals surface area contributed by atoms with Gasteiger partial charge in [-0.2, -0.15) is 0 Å². The van der Waals surface area contributed by atoms with Crippen LogP contribution in [0.1, 0.15) is 116 Å². The molecular formula is C109H109N9O31. The molecule has 0 aromatic heterocycles. The number of rotatable bonds is 14. The summed E-state index contributed by atoms with van der Waals surface area (Å²) < 4.78 is 10.7. The van der Waals surface area contributed by atoms with Crippen molar-refractivity contribution < 1.29 is 154 Å². The van der Waals surface area contributed by atoms with E-state index >= 15 is 0 Å². The molecule has 40 nitrogen and oxygen atoms in total. The number of ketones is 8. The highest BCUT2D eigenvalue weighted by Crippen LogP contribution is 2.60. The highest BCUT2D eigenvalue weighted by atomic mass is 16.5. The minimum absolute atomic E-state index is 0.0141. The van der Waals surface area contributed by atoms with Gasteiger partial charge in [-0.1, -0.05) is 84.2 Å². The van der Waals surface area contributed by atoms with Gasteiger partial charge in [0.05, 0.1) is 60.6 Å². The Morgan fingerprint density at radius 1 is 0.356 bits per heavy atom. The van der Waals surface area contributed by atoms with Gasteiger partial charge in [0.2, 0.25) is 23.1 Å². The van der Waals surface area contributed by atoms with Gasteiger partial charge < -0.3 is 120 Å². The number of carbonyl (C=O) groups is 13. The summed E-state index contributed by atoms with van der Waals surface area (Å²) in [6.07, 6.45) is 8.15. The maximum absolute atomic E-state index is 13.9. The number of aliphatic hydroxyl groups excluding tert-OH is 8. The third kappa shape index (κ3) is 16.9. The van der Waals surface area contributed by atoms with Crippen molar-refractivity contribution >= 4 is 123 Å². The second-order valence-corrected chi connectivity index (χ2v) is 39.6. The van der Waals surface area contributed by atoms with Crippen LogP contribution in [0.5, 0.6) is 34.5 Å². The van der Waals surface area contributed by atoms with Crippen molar-refractivity contribution in [1.29, 1.82) is 0 Å². The first-order valence-corrected chi connectivity index (χ1v) is 46.9. The van der Waals surface area contributed by atoms with Gasteiger partial charge in [-0.25, -0.2) is 0 Å². The molecule has 0 heterocycles. The normalized spacial score (nSPS) is 27.0. The lowest BCUT2D eigenvalue weighted by Gasteiger charge is -2.50. The van der Waals surface area contributed by atoms with Crippen LogP contribution >= 0.6 is 0 Å². The van der Waals surface area contributed by atoms with Crippen molar-refractivity contribution in [3.63, 3.8) is 0 Å². The van der Waals surface area contributed by atoms with Gasteiger partial charge in [-0.3, -0.25) is 81.9 Å². The summed E-state index contributed by atoms with van der Waals surface area (Å²) in [5.74, 6) is -16.8. The van der Waals surface area contributed by atoms with Gasteiger partial charge in [0, 0.05) is 57.1 Å². The van der Waals surface area contributed by atoms with Gasteiger partial charge in [0.25, 0.3) is 29.5 Å². The number of hydrogen-bond donors (Lipinski definition) is 21. The highest BCUT2D eigenvalue weighted by molar-refractivity contribution is 6.28. The Balaban J connectivity index is 0.000000149. The van der Waals surface area contributed by atoms with Crippen molar-refractivity contribution in [2.75, 3.05) is 70.6 Å². The molecule has 6 aromatic rings. The number of aryl methyl sites for hydroxylation is 1.